The van der Waals surface area contributed by atoms with Crippen LogP contribution in [-0.2, 0) is 0 Å². The van der Waals surface area contributed by atoms with E-state index < -0.39 is 0 Å². The highest BCUT2D eigenvalue weighted by Crippen LogP contribution is 2.20. The smallest absolute Gasteiger partial charge is 0.253 e. The Morgan fingerprint density at radius 2 is 2.57 bits per heavy atom. The largest absolute Gasteiger partial charge is 0.383 e. The van der Waals surface area contributed by atoms with Crippen LogP contribution in [0.1, 0.15) is 13.3 Å². The molecular formula is C8H10N4OS. The third kappa shape index (κ3) is 2.78. The molecule has 5 nitrogen and oxygen atoms in total. The summed E-state index contributed by atoms with van der Waals surface area (Å²) in [7, 11) is 0. The zero-order valence-corrected chi connectivity index (χ0v) is 8.47. The number of nitrogens with two attached hydrogens (primary N) is 1. The van der Waals surface area contributed by atoms with Gasteiger partial charge < -0.3 is 10.7 Å². The van der Waals surface area contributed by atoms with E-state index in [9.17, 15) is 4.79 Å². The molecule has 0 fully saturated rings. The Balaban J connectivity index is 2.87. The van der Waals surface area contributed by atoms with E-state index in [0.717, 1.165) is 0 Å². The summed E-state index contributed by atoms with van der Waals surface area (Å²) in [5, 5.41) is 8.89. The first-order chi connectivity index (χ1) is 6.65. The van der Waals surface area contributed by atoms with Crippen molar-refractivity contribution in [2.24, 2.45) is 0 Å². The molecule has 0 spiro atoms. The van der Waals surface area contributed by atoms with E-state index >= 15 is 0 Å². The number of hydrogen-bond acceptors (Lipinski definition) is 5. The maximum atomic E-state index is 11.0. The average molecular weight is 210 g/mol. The topological polar surface area (TPSA) is 95.6 Å². The predicted octanol–water partition coefficient (Wildman–Crippen LogP) is 0.746. The number of nitrogen functional groups attached to an aromatic ring is 1. The minimum absolute atomic E-state index is 0.170. The van der Waals surface area contributed by atoms with Crippen molar-refractivity contribution in [2.75, 3.05) is 5.73 Å². The number of hydrogen-bond donors (Lipinski definition) is 2. The van der Waals surface area contributed by atoms with E-state index in [2.05, 4.69) is 16.0 Å². The first-order valence-electron chi connectivity index (χ1n) is 4.08. The van der Waals surface area contributed by atoms with Gasteiger partial charge in [0, 0.05) is 6.07 Å². The molecule has 0 radical (unpaired) electrons. The quantitative estimate of drug-likeness (QED) is 0.566. The molecule has 0 saturated carbocycles. The van der Waals surface area contributed by atoms with Gasteiger partial charge >= 0.3 is 0 Å². The van der Waals surface area contributed by atoms with Crippen molar-refractivity contribution in [3.05, 3.63) is 16.4 Å². The SMILES string of the molecule is CCC(C#N)Sc1nc(N)cc(=O)[nH]1. The van der Waals surface area contributed by atoms with Gasteiger partial charge in [-0.15, -0.1) is 0 Å². The summed E-state index contributed by atoms with van der Waals surface area (Å²) in [4.78, 5) is 17.4. The number of nitrogens with zero attached hydrogens (tertiary/aromatic N) is 2. The third-order valence-electron chi connectivity index (χ3n) is 1.51. The first kappa shape index (κ1) is 10.6. The monoisotopic (exact) mass is 210 g/mol. The molecule has 0 saturated heterocycles. The van der Waals surface area contributed by atoms with E-state index in [1.54, 1.807) is 0 Å². The molecule has 0 aromatic carbocycles. The van der Waals surface area contributed by atoms with Crippen LogP contribution < -0.4 is 11.3 Å². The summed E-state index contributed by atoms with van der Waals surface area (Å²) < 4.78 is 0. The minimum atomic E-state index is -0.298. The Morgan fingerprint density at radius 1 is 1.86 bits per heavy atom. The Kier molecular flexibility index (Phi) is 3.54. The lowest BCUT2D eigenvalue weighted by atomic mass is 10.4. The van der Waals surface area contributed by atoms with Crippen LogP contribution >= 0.6 is 11.8 Å². The Bertz CT molecular complexity index is 409. The Hall–Kier alpha value is -1.48. The lowest BCUT2D eigenvalue weighted by Gasteiger charge is -2.04. The molecule has 1 aromatic heterocycles. The fourth-order valence-corrected chi connectivity index (χ4v) is 1.65. The van der Waals surface area contributed by atoms with Gasteiger partial charge in [-0.25, -0.2) is 4.98 Å². The summed E-state index contributed by atoms with van der Waals surface area (Å²) >= 11 is 1.21. The fraction of sp³-hybridized carbons (Fsp3) is 0.375. The molecule has 3 N–H and O–H groups in total. The van der Waals surface area contributed by atoms with E-state index in [-0.39, 0.29) is 16.6 Å². The highest BCUT2D eigenvalue weighted by Gasteiger charge is 2.08. The van der Waals surface area contributed by atoms with Crippen molar-refractivity contribution in [1.29, 1.82) is 5.26 Å². The number of aromatic nitrogens is 2. The zero-order chi connectivity index (χ0) is 10.6. The van der Waals surface area contributed by atoms with Gasteiger partial charge in [-0.1, -0.05) is 18.7 Å². The van der Waals surface area contributed by atoms with Gasteiger partial charge in [0.15, 0.2) is 5.16 Å². The molecule has 1 aromatic rings. The second kappa shape index (κ2) is 4.67. The molecule has 14 heavy (non-hydrogen) atoms. The number of H-pyrrole nitrogens is 1. The molecular weight excluding hydrogens is 200 g/mol. The van der Waals surface area contributed by atoms with Gasteiger partial charge in [0.1, 0.15) is 5.82 Å². The second-order valence-corrected chi connectivity index (χ2v) is 3.81. The first-order valence-corrected chi connectivity index (χ1v) is 4.96. The number of nitriles is 1. The van der Waals surface area contributed by atoms with Gasteiger partial charge in [0.25, 0.3) is 5.56 Å². The third-order valence-corrected chi connectivity index (χ3v) is 2.65. The number of anilines is 1. The maximum absolute atomic E-state index is 11.0. The van der Waals surface area contributed by atoms with Crippen molar-refractivity contribution in [2.45, 2.75) is 23.8 Å². The van der Waals surface area contributed by atoms with E-state index in [0.29, 0.717) is 11.6 Å². The number of aromatic amines is 1. The van der Waals surface area contributed by atoms with Crippen molar-refractivity contribution in [1.82, 2.24) is 9.97 Å². The Labute approximate surface area is 85.3 Å². The molecule has 0 aliphatic carbocycles. The summed E-state index contributed by atoms with van der Waals surface area (Å²) in [5.74, 6) is 0.170. The van der Waals surface area contributed by atoms with E-state index in [1.807, 2.05) is 6.92 Å². The van der Waals surface area contributed by atoms with Crippen LogP contribution in [0.3, 0.4) is 0 Å². The molecule has 0 bridgehead atoms. The number of rotatable bonds is 3. The molecule has 1 heterocycles. The van der Waals surface area contributed by atoms with Gasteiger partial charge in [-0.05, 0) is 6.42 Å². The van der Waals surface area contributed by atoms with Crippen LogP contribution in [0.2, 0.25) is 0 Å². The van der Waals surface area contributed by atoms with Crippen molar-refractivity contribution < 1.29 is 0 Å². The van der Waals surface area contributed by atoms with Gasteiger partial charge in [0.05, 0.1) is 11.3 Å². The molecule has 74 valence electrons. The van der Waals surface area contributed by atoms with Crippen molar-refractivity contribution in [3.63, 3.8) is 0 Å². The predicted molar refractivity (Wildman–Crippen MR) is 54.8 cm³/mol. The lowest BCUT2D eigenvalue weighted by Crippen LogP contribution is -2.11. The standard InChI is InChI=1S/C8H10N4OS/c1-2-5(4-9)14-8-11-6(10)3-7(13)12-8/h3,5H,2H2,1H3,(H3,10,11,12,13). The van der Waals surface area contributed by atoms with Crippen molar-refractivity contribution in [3.8, 4) is 6.07 Å². The normalized spacial score (nSPS) is 12.0. The molecule has 1 atom stereocenters. The molecule has 1 unspecified atom stereocenters. The number of thioether (sulfide) groups is 1. The van der Waals surface area contributed by atoms with Crippen LogP contribution in [0.15, 0.2) is 16.0 Å². The van der Waals surface area contributed by atoms with Gasteiger partial charge in [0.2, 0.25) is 0 Å². The summed E-state index contributed by atoms with van der Waals surface area (Å²) in [6.45, 7) is 1.89. The highest BCUT2D eigenvalue weighted by molar-refractivity contribution is 8.00. The second-order valence-electron chi connectivity index (χ2n) is 2.62. The van der Waals surface area contributed by atoms with Crippen LogP contribution in [0.5, 0.6) is 0 Å². The minimum Gasteiger partial charge on any atom is -0.383 e. The zero-order valence-electron chi connectivity index (χ0n) is 7.65. The highest BCUT2D eigenvalue weighted by atomic mass is 32.2. The molecule has 0 aliphatic heterocycles. The molecule has 0 amide bonds. The van der Waals surface area contributed by atoms with Crippen LogP contribution in [0.4, 0.5) is 5.82 Å². The number of nitrogens with one attached hydrogen (secondary N) is 1. The Morgan fingerprint density at radius 3 is 3.07 bits per heavy atom. The van der Waals surface area contributed by atoms with Crippen LogP contribution in [0.25, 0.3) is 0 Å². The van der Waals surface area contributed by atoms with Crippen LogP contribution in [-0.4, -0.2) is 15.2 Å². The fourth-order valence-electron chi connectivity index (χ4n) is 0.845. The summed E-state index contributed by atoms with van der Waals surface area (Å²) in [6.07, 6.45) is 0.694. The van der Waals surface area contributed by atoms with E-state index in [1.165, 1.54) is 17.8 Å². The molecule has 1 rings (SSSR count). The van der Waals surface area contributed by atoms with Crippen molar-refractivity contribution >= 4 is 17.6 Å². The summed E-state index contributed by atoms with van der Waals surface area (Å²) in [6, 6.07) is 3.30. The molecule has 6 heteroatoms. The van der Waals surface area contributed by atoms with Gasteiger partial charge in [-0.2, -0.15) is 5.26 Å². The van der Waals surface area contributed by atoms with Crippen LogP contribution in [0, 0.1) is 11.3 Å². The van der Waals surface area contributed by atoms with Gasteiger partial charge in [-0.3, -0.25) is 4.79 Å². The molecule has 0 aliphatic rings. The summed E-state index contributed by atoms with van der Waals surface area (Å²) in [5.41, 5.74) is 5.09. The lowest BCUT2D eigenvalue weighted by molar-refractivity contribution is 0.922. The van der Waals surface area contributed by atoms with E-state index in [4.69, 9.17) is 11.0 Å². The maximum Gasteiger partial charge on any atom is 0.253 e. The average Bonchev–Trinajstić information content (AvgIpc) is 2.12.